The average molecular weight is 1050 g/mol. The first-order valence-corrected chi connectivity index (χ1v) is 28.8. The summed E-state index contributed by atoms with van der Waals surface area (Å²) in [6.45, 7) is 2.59. The van der Waals surface area contributed by atoms with Gasteiger partial charge < -0.3 is 65.1 Å². The maximum absolute atomic E-state index is 13.2. The van der Waals surface area contributed by atoms with Crippen LogP contribution >= 0.6 is 0 Å². The Kier molecular flexibility index (Phi) is 41.1. The van der Waals surface area contributed by atoms with E-state index in [-0.39, 0.29) is 18.9 Å². The number of amides is 1. The van der Waals surface area contributed by atoms with Crippen molar-refractivity contribution < 1.29 is 64.6 Å². The van der Waals surface area contributed by atoms with Gasteiger partial charge in [-0.15, -0.1) is 0 Å². The van der Waals surface area contributed by atoms with Crippen LogP contribution in [0.1, 0.15) is 194 Å². The van der Waals surface area contributed by atoms with Crippen LogP contribution in [0.5, 0.6) is 0 Å². The van der Waals surface area contributed by atoms with Crippen LogP contribution in [0.25, 0.3) is 0 Å². The first kappa shape index (κ1) is 67.3. The zero-order chi connectivity index (χ0) is 53.9. The Hall–Kier alpha value is -2.83. The highest BCUT2D eigenvalue weighted by Crippen LogP contribution is 2.30. The molecule has 0 saturated carbocycles. The first-order chi connectivity index (χ1) is 36.1. The van der Waals surface area contributed by atoms with Crippen molar-refractivity contribution in [2.45, 2.75) is 267 Å². The van der Waals surface area contributed by atoms with Gasteiger partial charge in [0.15, 0.2) is 12.6 Å². The second-order valence-corrected chi connectivity index (χ2v) is 20.0. The first-order valence-electron chi connectivity index (χ1n) is 28.8. The number of ether oxygens (including phenoxy) is 4. The fraction of sp³-hybridized carbons (Fsp3) is 0.750. The van der Waals surface area contributed by atoms with E-state index in [1.807, 2.05) is 6.08 Å². The fourth-order valence-corrected chi connectivity index (χ4v) is 8.94. The zero-order valence-corrected chi connectivity index (χ0v) is 45.6. The van der Waals surface area contributed by atoms with E-state index in [4.69, 9.17) is 18.9 Å². The number of aliphatic hydroxyl groups excluding tert-OH is 8. The summed E-state index contributed by atoms with van der Waals surface area (Å²) in [6.07, 6.45) is 43.9. The molecule has 0 aromatic heterocycles. The van der Waals surface area contributed by atoms with Crippen LogP contribution in [0, 0.1) is 0 Å². The van der Waals surface area contributed by atoms with E-state index in [1.165, 1.54) is 77.0 Å². The van der Waals surface area contributed by atoms with Crippen molar-refractivity contribution in [3.05, 3.63) is 85.1 Å². The van der Waals surface area contributed by atoms with Crippen LogP contribution in [0.4, 0.5) is 0 Å². The summed E-state index contributed by atoms with van der Waals surface area (Å²) >= 11 is 0. The quantitative estimate of drug-likeness (QED) is 0.0205. The van der Waals surface area contributed by atoms with Gasteiger partial charge in [-0.05, 0) is 70.6 Å². The fourth-order valence-electron chi connectivity index (χ4n) is 8.94. The lowest BCUT2D eigenvalue weighted by Gasteiger charge is -2.46. The van der Waals surface area contributed by atoms with E-state index in [9.17, 15) is 45.6 Å². The van der Waals surface area contributed by atoms with Crippen molar-refractivity contribution in [1.82, 2.24) is 5.32 Å². The lowest BCUT2D eigenvalue weighted by molar-refractivity contribution is -0.359. The highest BCUT2D eigenvalue weighted by atomic mass is 16.7. The molecule has 14 nitrogen and oxygen atoms in total. The van der Waals surface area contributed by atoms with Crippen molar-refractivity contribution in [3.8, 4) is 0 Å². The average Bonchev–Trinajstić information content (AvgIpc) is 3.40. The molecule has 0 aromatic rings. The van der Waals surface area contributed by atoms with Gasteiger partial charge in [-0.1, -0.05) is 202 Å². The largest absolute Gasteiger partial charge is 0.394 e. The third-order valence-electron chi connectivity index (χ3n) is 13.6. The highest BCUT2D eigenvalue weighted by molar-refractivity contribution is 5.76. The van der Waals surface area contributed by atoms with Gasteiger partial charge in [0.05, 0.1) is 32.0 Å². The van der Waals surface area contributed by atoms with Gasteiger partial charge in [0.2, 0.25) is 5.91 Å². The van der Waals surface area contributed by atoms with Crippen molar-refractivity contribution >= 4 is 5.91 Å². The summed E-state index contributed by atoms with van der Waals surface area (Å²) in [4.78, 5) is 13.2. The summed E-state index contributed by atoms with van der Waals surface area (Å²) in [5.41, 5.74) is 0. The number of hydrogen-bond donors (Lipinski definition) is 9. The molecule has 1 amide bonds. The molecule has 9 N–H and O–H groups in total. The number of carbonyl (C=O) groups is 1. The molecule has 0 aromatic carbocycles. The summed E-state index contributed by atoms with van der Waals surface area (Å²) in [6, 6.07) is -0.915. The molecule has 2 aliphatic rings. The zero-order valence-electron chi connectivity index (χ0n) is 45.6. The second-order valence-electron chi connectivity index (χ2n) is 20.0. The molecular formula is C60H103NO13. The highest BCUT2D eigenvalue weighted by Gasteiger charge is 2.51. The van der Waals surface area contributed by atoms with Gasteiger partial charge >= 0.3 is 0 Å². The Balaban J connectivity index is 1.60. The lowest BCUT2D eigenvalue weighted by atomic mass is 9.97. The van der Waals surface area contributed by atoms with Gasteiger partial charge in [0.1, 0.15) is 48.8 Å². The van der Waals surface area contributed by atoms with Crippen molar-refractivity contribution in [2.75, 3.05) is 19.8 Å². The molecule has 14 heteroatoms. The van der Waals surface area contributed by atoms with Gasteiger partial charge in [0.25, 0.3) is 0 Å². The summed E-state index contributed by atoms with van der Waals surface area (Å²) < 4.78 is 22.6. The minimum Gasteiger partial charge on any atom is -0.394 e. The molecule has 12 atom stereocenters. The maximum Gasteiger partial charge on any atom is 0.220 e. The van der Waals surface area contributed by atoms with E-state index in [2.05, 4.69) is 92.1 Å². The smallest absolute Gasteiger partial charge is 0.220 e. The Bertz CT molecular complexity index is 1560. The van der Waals surface area contributed by atoms with Gasteiger partial charge in [-0.2, -0.15) is 0 Å². The van der Waals surface area contributed by atoms with E-state index in [0.717, 1.165) is 89.9 Å². The van der Waals surface area contributed by atoms with Gasteiger partial charge in [0, 0.05) is 6.42 Å². The van der Waals surface area contributed by atoms with E-state index >= 15 is 0 Å². The summed E-state index contributed by atoms with van der Waals surface area (Å²) in [7, 11) is 0. The van der Waals surface area contributed by atoms with Gasteiger partial charge in [-0.25, -0.2) is 0 Å². The number of allylic oxidation sites excluding steroid dienone is 13. The third-order valence-corrected chi connectivity index (χ3v) is 13.6. The molecule has 2 rings (SSSR count). The van der Waals surface area contributed by atoms with Crippen LogP contribution in [-0.4, -0.2) is 140 Å². The number of carbonyl (C=O) groups excluding carboxylic acids is 1. The Morgan fingerprint density at radius 1 is 0.500 bits per heavy atom. The summed E-state index contributed by atoms with van der Waals surface area (Å²) in [5, 5.41) is 86.6. The van der Waals surface area contributed by atoms with Gasteiger partial charge in [-0.3, -0.25) is 4.79 Å². The Labute approximate surface area is 446 Å². The number of nitrogens with one attached hydrogen (secondary N) is 1. The summed E-state index contributed by atoms with van der Waals surface area (Å²) in [5.74, 6) is -0.248. The van der Waals surface area contributed by atoms with Crippen molar-refractivity contribution in [1.29, 1.82) is 0 Å². The molecular weight excluding hydrogens is 943 g/mol. The molecule has 12 unspecified atom stereocenters. The SMILES string of the molecule is CC/C=C\C/C=C\C/C=C\C/C=C\C/C=C\C/C=C\CCCCCCCCCCCCCCCCC(=O)NC(COC1OC(CO)C(OC2OC(CO)C(O)C(O)C2O)C(O)C1O)C(O)/C=C/CCCCCCC. The minimum atomic E-state index is -1.79. The topological polar surface area (TPSA) is 228 Å². The number of rotatable bonds is 44. The minimum absolute atomic E-state index is 0.248. The van der Waals surface area contributed by atoms with E-state index < -0.39 is 86.8 Å². The maximum atomic E-state index is 13.2. The van der Waals surface area contributed by atoms with Crippen LogP contribution in [0.2, 0.25) is 0 Å². The molecule has 2 fully saturated rings. The normalized spacial score (nSPS) is 25.9. The molecule has 74 heavy (non-hydrogen) atoms. The Morgan fingerprint density at radius 2 is 0.932 bits per heavy atom. The molecule has 2 aliphatic heterocycles. The third kappa shape index (κ3) is 30.8. The molecule has 0 radical (unpaired) electrons. The van der Waals surface area contributed by atoms with E-state index in [1.54, 1.807) is 6.08 Å². The predicted octanol–water partition coefficient (Wildman–Crippen LogP) is 9.33. The molecule has 0 bridgehead atoms. The van der Waals surface area contributed by atoms with Crippen molar-refractivity contribution in [3.63, 3.8) is 0 Å². The number of unbranched alkanes of at least 4 members (excludes halogenated alkanes) is 19. The van der Waals surface area contributed by atoms with Crippen molar-refractivity contribution in [2.24, 2.45) is 0 Å². The second kappa shape index (κ2) is 45.2. The number of aliphatic hydroxyl groups is 8. The standard InChI is InChI=1S/C60H103NO13/c1-3-5-7-9-11-12-13-14-15-16-17-18-19-20-21-22-23-24-25-26-27-28-29-30-31-32-33-34-35-36-38-40-42-44-52(65)61-48(49(64)43-41-39-37-10-8-6-4-2)47-71-59-57(70)55(68)58(51(46-63)73-59)74-60-56(69)54(67)53(66)50(45-62)72-60/h5,7,11-12,14-15,17-18,20-21,23-24,41,43,48-51,53-60,62-64,66-70H,3-4,6,8-10,13,16,19,22,25-40,42,44-47H2,1-2H3,(H,61,65)/b7-5-,12-11-,15-14-,18-17-,21-20-,24-23-,43-41+. The molecule has 0 spiro atoms. The van der Waals surface area contributed by atoms with Crippen LogP contribution in [0.15, 0.2) is 85.1 Å². The monoisotopic (exact) mass is 1050 g/mol. The van der Waals surface area contributed by atoms with E-state index in [0.29, 0.717) is 6.42 Å². The lowest BCUT2D eigenvalue weighted by Crippen LogP contribution is -2.65. The van der Waals surface area contributed by atoms with Crippen LogP contribution in [-0.2, 0) is 23.7 Å². The molecule has 2 saturated heterocycles. The van der Waals surface area contributed by atoms with Crippen LogP contribution in [0.3, 0.4) is 0 Å². The number of hydrogen-bond acceptors (Lipinski definition) is 13. The molecule has 426 valence electrons. The predicted molar refractivity (Wildman–Crippen MR) is 295 cm³/mol. The molecule has 2 heterocycles. The van der Waals surface area contributed by atoms with Crippen LogP contribution < -0.4 is 5.32 Å². The Morgan fingerprint density at radius 3 is 1.43 bits per heavy atom. The molecule has 0 aliphatic carbocycles.